The van der Waals surface area contributed by atoms with Crippen LogP contribution in [0.5, 0.6) is 0 Å². The molecule has 2 bridgehead atoms. The Morgan fingerprint density at radius 3 is 2.44 bits per heavy atom. The molecule has 1 aromatic carbocycles. The molecule has 1 aromatic rings. The number of β-amino-alcohol motifs (C(OH)–C–C–N with tert-alkyl or cyclic N) is 1. The van der Waals surface area contributed by atoms with E-state index in [0.717, 1.165) is 26.2 Å². The Hall–Kier alpha value is -0.940. The van der Waals surface area contributed by atoms with E-state index < -0.39 is 0 Å². The average molecular weight is 344 g/mol. The van der Waals surface area contributed by atoms with E-state index in [-0.39, 0.29) is 6.10 Å². The van der Waals surface area contributed by atoms with Crippen LogP contribution in [0.2, 0.25) is 0 Å². The summed E-state index contributed by atoms with van der Waals surface area (Å²) in [6.07, 6.45) is 7.57. The van der Waals surface area contributed by atoms with E-state index in [2.05, 4.69) is 40.1 Å². The van der Waals surface area contributed by atoms with Crippen molar-refractivity contribution in [2.45, 2.75) is 69.4 Å². The van der Waals surface area contributed by atoms with E-state index in [1.807, 2.05) is 0 Å². The SMILES string of the molecule is O[C@H](COC1CCCCC1)CN1C[C@@H]2C[C@H]1CN2Cc1ccccc1. The topological polar surface area (TPSA) is 35.9 Å². The smallest absolute Gasteiger partial charge is 0.0900 e. The van der Waals surface area contributed by atoms with Crippen molar-refractivity contribution in [1.82, 2.24) is 9.80 Å². The molecule has 1 N–H and O–H groups in total. The second-order valence-corrected chi connectivity index (χ2v) is 8.16. The molecule has 3 atom stereocenters. The lowest BCUT2D eigenvalue weighted by molar-refractivity contribution is -0.0380. The highest BCUT2D eigenvalue weighted by atomic mass is 16.5. The van der Waals surface area contributed by atoms with Gasteiger partial charge in [-0.1, -0.05) is 49.6 Å². The maximum Gasteiger partial charge on any atom is 0.0900 e. The number of aliphatic hydroxyl groups excluding tert-OH is 1. The van der Waals surface area contributed by atoms with Crippen molar-refractivity contribution < 1.29 is 9.84 Å². The first kappa shape index (κ1) is 17.5. The number of benzene rings is 1. The normalized spacial score (nSPS) is 29.3. The summed E-state index contributed by atoms with van der Waals surface area (Å²) in [5, 5.41) is 10.4. The largest absolute Gasteiger partial charge is 0.389 e. The van der Waals surface area contributed by atoms with E-state index in [4.69, 9.17) is 4.74 Å². The predicted molar refractivity (Wildman–Crippen MR) is 99.4 cm³/mol. The standard InChI is InChI=1S/C21H32N2O2/c24-20(16-25-21-9-5-2-6-10-21)15-23-14-18-11-19(23)13-22(18)12-17-7-3-1-4-8-17/h1,3-4,7-8,18-21,24H,2,5-6,9-16H2/t18-,19-,20-/m0/s1. The summed E-state index contributed by atoms with van der Waals surface area (Å²) in [6, 6.07) is 12.0. The lowest BCUT2D eigenvalue weighted by Crippen LogP contribution is -2.48. The summed E-state index contributed by atoms with van der Waals surface area (Å²) in [5.74, 6) is 0. The molecule has 1 saturated carbocycles. The molecule has 2 heterocycles. The number of hydrogen-bond donors (Lipinski definition) is 1. The van der Waals surface area contributed by atoms with Gasteiger partial charge < -0.3 is 9.84 Å². The first-order valence-electron chi connectivity index (χ1n) is 10.1. The fourth-order valence-corrected chi connectivity index (χ4v) is 4.87. The van der Waals surface area contributed by atoms with Gasteiger partial charge in [-0.15, -0.1) is 0 Å². The number of ether oxygens (including phenoxy) is 1. The molecule has 4 heteroatoms. The van der Waals surface area contributed by atoms with Gasteiger partial charge in [-0.2, -0.15) is 0 Å². The maximum atomic E-state index is 10.4. The predicted octanol–water partition coefficient (Wildman–Crippen LogP) is 2.66. The van der Waals surface area contributed by atoms with E-state index in [1.165, 1.54) is 44.1 Å². The van der Waals surface area contributed by atoms with Crippen molar-refractivity contribution >= 4 is 0 Å². The summed E-state index contributed by atoms with van der Waals surface area (Å²) in [4.78, 5) is 5.10. The average Bonchev–Trinajstić information content (AvgIpc) is 3.22. The minimum atomic E-state index is -0.344. The van der Waals surface area contributed by atoms with Gasteiger partial charge in [0.1, 0.15) is 0 Å². The maximum absolute atomic E-state index is 10.4. The fourth-order valence-electron chi connectivity index (χ4n) is 4.87. The van der Waals surface area contributed by atoms with Crippen LogP contribution in [-0.2, 0) is 11.3 Å². The lowest BCUT2D eigenvalue weighted by atomic mass is 9.98. The van der Waals surface area contributed by atoms with E-state index in [0.29, 0.717) is 24.8 Å². The number of likely N-dealkylation sites (tertiary alicyclic amines) is 2. The van der Waals surface area contributed by atoms with Crippen LogP contribution < -0.4 is 0 Å². The molecule has 3 aliphatic rings. The Bertz CT molecular complexity index is 532. The van der Waals surface area contributed by atoms with Crippen LogP contribution in [0.1, 0.15) is 44.1 Å². The van der Waals surface area contributed by atoms with Crippen molar-refractivity contribution in [2.24, 2.45) is 0 Å². The van der Waals surface area contributed by atoms with Crippen LogP contribution in [0, 0.1) is 0 Å². The molecule has 138 valence electrons. The number of nitrogens with zero attached hydrogens (tertiary/aromatic N) is 2. The van der Waals surface area contributed by atoms with Gasteiger partial charge in [0.05, 0.1) is 18.8 Å². The van der Waals surface area contributed by atoms with Gasteiger partial charge >= 0.3 is 0 Å². The van der Waals surface area contributed by atoms with E-state index in [9.17, 15) is 5.11 Å². The van der Waals surface area contributed by atoms with E-state index >= 15 is 0 Å². The third-order valence-electron chi connectivity index (χ3n) is 6.22. The molecule has 1 aliphatic carbocycles. The molecular formula is C21H32N2O2. The Balaban J connectivity index is 1.19. The molecule has 4 rings (SSSR count). The minimum Gasteiger partial charge on any atom is -0.389 e. The fraction of sp³-hybridized carbons (Fsp3) is 0.714. The van der Waals surface area contributed by atoms with Crippen molar-refractivity contribution in [3.8, 4) is 0 Å². The van der Waals surface area contributed by atoms with Crippen LogP contribution in [0.3, 0.4) is 0 Å². The Morgan fingerprint density at radius 1 is 1.00 bits per heavy atom. The molecule has 2 saturated heterocycles. The monoisotopic (exact) mass is 344 g/mol. The van der Waals surface area contributed by atoms with Crippen molar-refractivity contribution in [2.75, 3.05) is 26.2 Å². The minimum absolute atomic E-state index is 0.344. The van der Waals surface area contributed by atoms with Crippen LogP contribution >= 0.6 is 0 Å². The second kappa shape index (κ2) is 8.17. The van der Waals surface area contributed by atoms with Crippen molar-refractivity contribution in [3.05, 3.63) is 35.9 Å². The highest BCUT2D eigenvalue weighted by molar-refractivity contribution is 5.15. The summed E-state index contributed by atoms with van der Waals surface area (Å²) < 4.78 is 5.95. The first-order chi connectivity index (χ1) is 12.3. The van der Waals surface area contributed by atoms with Gasteiger partial charge in [0, 0.05) is 38.3 Å². The van der Waals surface area contributed by atoms with Crippen molar-refractivity contribution in [1.29, 1.82) is 0 Å². The van der Waals surface area contributed by atoms with E-state index in [1.54, 1.807) is 0 Å². The van der Waals surface area contributed by atoms with Gasteiger partial charge in [0.15, 0.2) is 0 Å². The zero-order valence-electron chi connectivity index (χ0n) is 15.2. The third kappa shape index (κ3) is 4.43. The molecule has 3 fully saturated rings. The molecule has 0 amide bonds. The van der Waals surface area contributed by atoms with Crippen molar-refractivity contribution in [3.63, 3.8) is 0 Å². The summed E-state index contributed by atoms with van der Waals surface area (Å²) in [7, 11) is 0. The van der Waals surface area contributed by atoms with Gasteiger partial charge in [-0.3, -0.25) is 9.80 Å². The lowest BCUT2D eigenvalue weighted by Gasteiger charge is -2.35. The van der Waals surface area contributed by atoms with Crippen LogP contribution in [0.25, 0.3) is 0 Å². The number of piperazine rings is 1. The highest BCUT2D eigenvalue weighted by Crippen LogP contribution is 2.32. The zero-order valence-corrected chi connectivity index (χ0v) is 15.2. The Morgan fingerprint density at radius 2 is 1.72 bits per heavy atom. The molecule has 4 nitrogen and oxygen atoms in total. The zero-order chi connectivity index (χ0) is 17.1. The van der Waals surface area contributed by atoms with Gasteiger partial charge in [-0.05, 0) is 24.8 Å². The highest BCUT2D eigenvalue weighted by Gasteiger charge is 2.43. The number of fused-ring (bicyclic) bond motifs is 2. The van der Waals surface area contributed by atoms with Gasteiger partial charge in [-0.25, -0.2) is 0 Å². The van der Waals surface area contributed by atoms with Crippen LogP contribution in [-0.4, -0.2) is 65.4 Å². The first-order valence-corrected chi connectivity index (χ1v) is 10.1. The van der Waals surface area contributed by atoms with Gasteiger partial charge in [0.25, 0.3) is 0 Å². The third-order valence-corrected chi connectivity index (χ3v) is 6.22. The molecule has 25 heavy (non-hydrogen) atoms. The van der Waals surface area contributed by atoms with Gasteiger partial charge in [0.2, 0.25) is 0 Å². The number of rotatable bonds is 7. The Labute approximate surface area is 151 Å². The second-order valence-electron chi connectivity index (χ2n) is 8.16. The number of hydrogen-bond acceptors (Lipinski definition) is 4. The molecule has 0 spiro atoms. The van der Waals surface area contributed by atoms with Crippen LogP contribution in [0.15, 0.2) is 30.3 Å². The number of aliphatic hydroxyl groups is 1. The Kier molecular flexibility index (Phi) is 5.71. The van der Waals surface area contributed by atoms with Crippen LogP contribution in [0.4, 0.5) is 0 Å². The molecule has 0 radical (unpaired) electrons. The molecule has 0 aromatic heterocycles. The molecule has 0 unspecified atom stereocenters. The molecular weight excluding hydrogens is 312 g/mol. The summed E-state index contributed by atoms with van der Waals surface area (Å²) in [6.45, 7) is 4.57. The molecule has 2 aliphatic heterocycles. The summed E-state index contributed by atoms with van der Waals surface area (Å²) in [5.41, 5.74) is 1.41. The quantitative estimate of drug-likeness (QED) is 0.825. The summed E-state index contributed by atoms with van der Waals surface area (Å²) >= 11 is 0.